The van der Waals surface area contributed by atoms with Crippen molar-refractivity contribution in [3.63, 3.8) is 0 Å². The molecule has 0 spiro atoms. The molecule has 106 valence electrons. The minimum absolute atomic E-state index is 0.833. The van der Waals surface area contributed by atoms with Crippen LogP contribution in [0.2, 0.25) is 0 Å². The van der Waals surface area contributed by atoms with E-state index in [4.69, 9.17) is 0 Å². The van der Waals surface area contributed by atoms with E-state index in [1.807, 2.05) is 11.7 Å². The number of benzene rings is 1. The average molecular weight is 269 g/mol. The zero-order chi connectivity index (χ0) is 13.9. The van der Waals surface area contributed by atoms with E-state index in [0.717, 1.165) is 25.4 Å². The van der Waals surface area contributed by atoms with Gasteiger partial charge in [-0.2, -0.15) is 5.10 Å². The molecule has 1 aromatic heterocycles. The Bertz CT molecular complexity index is 582. The molecule has 0 bridgehead atoms. The number of aromatic nitrogens is 2. The van der Waals surface area contributed by atoms with E-state index < -0.39 is 0 Å². The van der Waals surface area contributed by atoms with Gasteiger partial charge in [-0.3, -0.25) is 4.68 Å². The second-order valence-corrected chi connectivity index (χ2v) is 5.75. The minimum Gasteiger partial charge on any atom is -0.308 e. The predicted octanol–water partition coefficient (Wildman–Crippen LogP) is 3.15. The van der Waals surface area contributed by atoms with Crippen LogP contribution in [-0.4, -0.2) is 9.78 Å². The molecule has 1 fully saturated rings. The second kappa shape index (κ2) is 5.80. The minimum atomic E-state index is 0.833. The maximum absolute atomic E-state index is 4.48. The van der Waals surface area contributed by atoms with Gasteiger partial charge in [0.15, 0.2) is 0 Å². The highest BCUT2D eigenvalue weighted by atomic mass is 15.3. The number of hydrogen-bond acceptors (Lipinski definition) is 2. The van der Waals surface area contributed by atoms with Crippen molar-refractivity contribution >= 4 is 0 Å². The van der Waals surface area contributed by atoms with Crippen LogP contribution in [0, 0.1) is 0 Å². The van der Waals surface area contributed by atoms with Crippen LogP contribution in [0.5, 0.6) is 0 Å². The fraction of sp³-hybridized carbons (Fsp3) is 0.471. The number of rotatable bonds is 6. The molecule has 3 heteroatoms. The van der Waals surface area contributed by atoms with Gasteiger partial charge in [-0.15, -0.1) is 0 Å². The third-order valence-electron chi connectivity index (χ3n) is 3.97. The van der Waals surface area contributed by atoms with Gasteiger partial charge in [-0.05, 0) is 36.3 Å². The Kier molecular flexibility index (Phi) is 3.88. The fourth-order valence-electron chi connectivity index (χ4n) is 2.74. The fourth-order valence-corrected chi connectivity index (χ4v) is 2.74. The maximum atomic E-state index is 4.48. The van der Waals surface area contributed by atoms with Gasteiger partial charge in [0.1, 0.15) is 0 Å². The summed E-state index contributed by atoms with van der Waals surface area (Å²) in [6.07, 6.45) is 5.85. The quantitative estimate of drug-likeness (QED) is 0.873. The maximum Gasteiger partial charge on any atom is 0.0666 e. The molecule has 1 N–H and O–H groups in total. The molecule has 1 aliphatic rings. The van der Waals surface area contributed by atoms with E-state index in [-0.39, 0.29) is 0 Å². The average Bonchev–Trinajstić information content (AvgIpc) is 3.24. The summed E-state index contributed by atoms with van der Waals surface area (Å²) in [6.45, 7) is 3.98. The molecule has 1 heterocycles. The van der Waals surface area contributed by atoms with E-state index in [9.17, 15) is 0 Å². The van der Waals surface area contributed by atoms with Gasteiger partial charge in [0.25, 0.3) is 0 Å². The van der Waals surface area contributed by atoms with Crippen LogP contribution in [0.25, 0.3) is 0 Å². The molecule has 0 aliphatic heterocycles. The first kappa shape index (κ1) is 13.4. The van der Waals surface area contributed by atoms with Crippen LogP contribution in [0.4, 0.5) is 0 Å². The monoisotopic (exact) mass is 269 g/mol. The SMILES string of the molecule is CCc1nn(C)cc1CNCc1cccc(C2CC2)c1. The molecule has 0 unspecified atom stereocenters. The van der Waals surface area contributed by atoms with Crippen LogP contribution in [0.3, 0.4) is 0 Å². The highest BCUT2D eigenvalue weighted by molar-refractivity contribution is 5.29. The van der Waals surface area contributed by atoms with Crippen LogP contribution >= 0.6 is 0 Å². The summed E-state index contributed by atoms with van der Waals surface area (Å²) in [5, 5.41) is 8.02. The molecular weight excluding hydrogens is 246 g/mol. The van der Waals surface area contributed by atoms with Crippen molar-refractivity contribution in [3.05, 3.63) is 52.8 Å². The first-order valence-corrected chi connectivity index (χ1v) is 7.57. The molecule has 20 heavy (non-hydrogen) atoms. The summed E-state index contributed by atoms with van der Waals surface area (Å²) >= 11 is 0. The van der Waals surface area contributed by atoms with Crippen LogP contribution < -0.4 is 5.32 Å². The zero-order valence-corrected chi connectivity index (χ0v) is 12.4. The van der Waals surface area contributed by atoms with E-state index >= 15 is 0 Å². The van der Waals surface area contributed by atoms with Crippen molar-refractivity contribution in [2.45, 2.75) is 45.2 Å². The van der Waals surface area contributed by atoms with Gasteiger partial charge in [0.2, 0.25) is 0 Å². The van der Waals surface area contributed by atoms with Gasteiger partial charge in [0.05, 0.1) is 5.69 Å². The predicted molar refractivity (Wildman–Crippen MR) is 81.5 cm³/mol. The zero-order valence-electron chi connectivity index (χ0n) is 12.4. The summed E-state index contributed by atoms with van der Waals surface area (Å²) < 4.78 is 1.91. The van der Waals surface area contributed by atoms with Crippen molar-refractivity contribution in [1.82, 2.24) is 15.1 Å². The first-order chi connectivity index (χ1) is 9.76. The highest BCUT2D eigenvalue weighted by Gasteiger charge is 2.23. The van der Waals surface area contributed by atoms with Crippen LogP contribution in [0.15, 0.2) is 30.5 Å². The van der Waals surface area contributed by atoms with Crippen molar-refractivity contribution < 1.29 is 0 Å². The van der Waals surface area contributed by atoms with Crippen molar-refractivity contribution in [3.8, 4) is 0 Å². The van der Waals surface area contributed by atoms with E-state index in [1.54, 1.807) is 0 Å². The van der Waals surface area contributed by atoms with E-state index in [1.165, 1.54) is 35.2 Å². The van der Waals surface area contributed by atoms with E-state index in [2.05, 4.69) is 47.8 Å². The molecule has 1 saturated carbocycles. The van der Waals surface area contributed by atoms with E-state index in [0.29, 0.717) is 0 Å². The van der Waals surface area contributed by atoms with Gasteiger partial charge in [0, 0.05) is 31.9 Å². The Labute approximate surface area is 121 Å². The molecular formula is C17H23N3. The summed E-state index contributed by atoms with van der Waals surface area (Å²) in [7, 11) is 1.99. The number of aryl methyl sites for hydroxylation is 2. The number of nitrogens with one attached hydrogen (secondary N) is 1. The molecule has 3 rings (SSSR count). The largest absolute Gasteiger partial charge is 0.308 e. The molecule has 0 amide bonds. The van der Waals surface area contributed by atoms with Gasteiger partial charge in [-0.1, -0.05) is 31.2 Å². The van der Waals surface area contributed by atoms with Gasteiger partial charge in [-0.25, -0.2) is 0 Å². The van der Waals surface area contributed by atoms with Gasteiger partial charge >= 0.3 is 0 Å². The lowest BCUT2D eigenvalue weighted by atomic mass is 10.1. The van der Waals surface area contributed by atoms with Crippen LogP contribution in [0.1, 0.15) is 48.1 Å². The molecule has 0 radical (unpaired) electrons. The molecule has 3 nitrogen and oxygen atoms in total. The normalized spacial score (nSPS) is 14.7. The Morgan fingerprint density at radius 2 is 2.15 bits per heavy atom. The standard InChI is InChI=1S/C17H23N3/c1-3-17-16(12-20(2)19-17)11-18-10-13-5-4-6-15(9-13)14-7-8-14/h4-6,9,12,14,18H,3,7-8,10-11H2,1-2H3. The summed E-state index contributed by atoms with van der Waals surface area (Å²) in [5.74, 6) is 0.833. The smallest absolute Gasteiger partial charge is 0.0666 e. The summed E-state index contributed by atoms with van der Waals surface area (Å²) in [4.78, 5) is 0. The lowest BCUT2D eigenvalue weighted by Crippen LogP contribution is -2.13. The molecule has 0 atom stereocenters. The lowest BCUT2D eigenvalue weighted by molar-refractivity contribution is 0.687. The topological polar surface area (TPSA) is 29.9 Å². The highest BCUT2D eigenvalue weighted by Crippen LogP contribution is 2.40. The van der Waals surface area contributed by atoms with Crippen LogP contribution in [-0.2, 0) is 26.6 Å². The lowest BCUT2D eigenvalue weighted by Gasteiger charge is -2.06. The van der Waals surface area contributed by atoms with Crippen molar-refractivity contribution in [2.24, 2.45) is 7.05 Å². The summed E-state index contributed by atoms with van der Waals surface area (Å²) in [6, 6.07) is 9.02. The van der Waals surface area contributed by atoms with Crippen molar-refractivity contribution in [2.75, 3.05) is 0 Å². The molecule has 2 aromatic rings. The third kappa shape index (κ3) is 3.10. The third-order valence-corrected chi connectivity index (χ3v) is 3.97. The molecule has 0 saturated heterocycles. The number of nitrogens with zero attached hydrogens (tertiary/aromatic N) is 2. The number of hydrogen-bond donors (Lipinski definition) is 1. The first-order valence-electron chi connectivity index (χ1n) is 7.57. The Morgan fingerprint density at radius 1 is 1.30 bits per heavy atom. The second-order valence-electron chi connectivity index (χ2n) is 5.75. The Balaban J connectivity index is 1.57. The summed E-state index contributed by atoms with van der Waals surface area (Å²) in [5.41, 5.74) is 5.41. The molecule has 1 aliphatic carbocycles. The Hall–Kier alpha value is -1.61. The van der Waals surface area contributed by atoms with Crippen molar-refractivity contribution in [1.29, 1.82) is 0 Å². The van der Waals surface area contributed by atoms with Gasteiger partial charge < -0.3 is 5.32 Å². The molecule has 1 aromatic carbocycles. The Morgan fingerprint density at radius 3 is 2.90 bits per heavy atom.